The minimum atomic E-state index is -0.976. The molecule has 3 nitrogen and oxygen atoms in total. The van der Waals surface area contributed by atoms with Gasteiger partial charge in [0.15, 0.2) is 0 Å². The standard InChI is InChI=1S/C27H21Cl2NO2/c1-2-21(18-12-14-20(28)15-13-18)25(19-10-7-17(8-11-19)9-16-24(31)32)27-26(29)22-5-3-4-6-23(22)30-27/h3-16,30H,2H2,1H3,(H,31,32)/b16-9+,25-21+. The van der Waals surface area contributed by atoms with Gasteiger partial charge in [0, 0.05) is 27.6 Å². The molecule has 1 heterocycles. The maximum Gasteiger partial charge on any atom is 0.328 e. The molecule has 32 heavy (non-hydrogen) atoms. The number of halogens is 2. The van der Waals surface area contributed by atoms with E-state index in [1.165, 1.54) is 0 Å². The fraction of sp³-hybridized carbons (Fsp3) is 0.0741. The Bertz CT molecular complexity index is 1330. The van der Waals surface area contributed by atoms with Crippen molar-refractivity contribution in [1.82, 2.24) is 4.98 Å². The maximum absolute atomic E-state index is 10.8. The highest BCUT2D eigenvalue weighted by molar-refractivity contribution is 6.38. The zero-order valence-electron chi connectivity index (χ0n) is 17.4. The predicted molar refractivity (Wildman–Crippen MR) is 134 cm³/mol. The van der Waals surface area contributed by atoms with Gasteiger partial charge >= 0.3 is 5.97 Å². The van der Waals surface area contributed by atoms with Crippen molar-refractivity contribution in [3.8, 4) is 0 Å². The highest BCUT2D eigenvalue weighted by atomic mass is 35.5. The molecule has 0 aliphatic carbocycles. The quantitative estimate of drug-likeness (QED) is 0.226. The van der Waals surface area contributed by atoms with E-state index in [4.69, 9.17) is 28.3 Å². The molecular weight excluding hydrogens is 441 g/mol. The van der Waals surface area contributed by atoms with Crippen molar-refractivity contribution in [1.29, 1.82) is 0 Å². The second-order valence-corrected chi connectivity index (χ2v) is 8.18. The summed E-state index contributed by atoms with van der Waals surface area (Å²) in [4.78, 5) is 14.3. The van der Waals surface area contributed by atoms with Crippen molar-refractivity contribution in [2.45, 2.75) is 13.3 Å². The number of nitrogens with one attached hydrogen (secondary N) is 1. The minimum absolute atomic E-state index is 0.672. The van der Waals surface area contributed by atoms with Gasteiger partial charge in [-0.05, 0) is 53.0 Å². The Hall–Kier alpha value is -3.27. The lowest BCUT2D eigenvalue weighted by Crippen LogP contribution is -1.96. The normalized spacial score (nSPS) is 12.3. The number of aliphatic carboxylic acids is 1. The van der Waals surface area contributed by atoms with Crippen LogP contribution in [-0.2, 0) is 4.79 Å². The van der Waals surface area contributed by atoms with E-state index in [0.717, 1.165) is 56.9 Å². The average Bonchev–Trinajstić information content (AvgIpc) is 3.13. The largest absolute Gasteiger partial charge is 0.478 e. The topological polar surface area (TPSA) is 53.1 Å². The van der Waals surface area contributed by atoms with Gasteiger partial charge in [-0.15, -0.1) is 0 Å². The van der Waals surface area contributed by atoms with Crippen molar-refractivity contribution in [2.24, 2.45) is 0 Å². The van der Waals surface area contributed by atoms with Crippen LogP contribution in [0.2, 0.25) is 10.0 Å². The smallest absolute Gasteiger partial charge is 0.328 e. The van der Waals surface area contributed by atoms with Crippen LogP contribution >= 0.6 is 23.2 Å². The Kier molecular flexibility index (Phi) is 6.50. The fourth-order valence-electron chi connectivity index (χ4n) is 3.85. The molecule has 5 heteroatoms. The summed E-state index contributed by atoms with van der Waals surface area (Å²) in [7, 11) is 0. The molecule has 0 amide bonds. The van der Waals surface area contributed by atoms with Crippen LogP contribution in [-0.4, -0.2) is 16.1 Å². The van der Waals surface area contributed by atoms with Crippen molar-refractivity contribution >= 4 is 57.3 Å². The number of allylic oxidation sites excluding steroid dienone is 1. The lowest BCUT2D eigenvalue weighted by atomic mass is 9.90. The van der Waals surface area contributed by atoms with E-state index in [9.17, 15) is 4.79 Å². The summed E-state index contributed by atoms with van der Waals surface area (Å²) in [6.07, 6.45) is 3.49. The molecule has 0 saturated heterocycles. The Balaban J connectivity index is 1.95. The van der Waals surface area contributed by atoms with Gasteiger partial charge in [0.1, 0.15) is 0 Å². The Morgan fingerprint density at radius 1 is 0.938 bits per heavy atom. The van der Waals surface area contributed by atoms with Crippen LogP contribution < -0.4 is 0 Å². The number of H-pyrrole nitrogens is 1. The summed E-state index contributed by atoms with van der Waals surface area (Å²) in [6.45, 7) is 2.12. The number of hydrogen-bond donors (Lipinski definition) is 2. The molecule has 1 aromatic heterocycles. The molecule has 2 N–H and O–H groups in total. The first-order valence-corrected chi connectivity index (χ1v) is 11.0. The first-order chi connectivity index (χ1) is 15.5. The Morgan fingerprint density at radius 3 is 2.22 bits per heavy atom. The SMILES string of the molecule is CC/C(=C(/c1ccc(/C=C/C(=O)O)cc1)c1[nH]c2ccccc2c1Cl)c1ccc(Cl)cc1. The van der Waals surface area contributed by atoms with E-state index in [2.05, 4.69) is 11.9 Å². The molecule has 4 aromatic rings. The molecule has 160 valence electrons. The molecule has 0 saturated carbocycles. The molecule has 0 fully saturated rings. The number of aromatic nitrogens is 1. The maximum atomic E-state index is 10.8. The van der Waals surface area contributed by atoms with Gasteiger partial charge in [0.2, 0.25) is 0 Å². The van der Waals surface area contributed by atoms with Gasteiger partial charge in [-0.3, -0.25) is 0 Å². The van der Waals surface area contributed by atoms with Gasteiger partial charge in [-0.25, -0.2) is 4.79 Å². The molecule has 4 rings (SSSR count). The summed E-state index contributed by atoms with van der Waals surface area (Å²) >= 11 is 13.0. The van der Waals surface area contributed by atoms with Crippen LogP contribution in [0.4, 0.5) is 0 Å². The third-order valence-corrected chi connectivity index (χ3v) is 6.00. The van der Waals surface area contributed by atoms with Crippen LogP contribution in [0.5, 0.6) is 0 Å². The van der Waals surface area contributed by atoms with Crippen LogP contribution in [0.25, 0.3) is 28.1 Å². The van der Waals surface area contributed by atoms with E-state index >= 15 is 0 Å². The monoisotopic (exact) mass is 461 g/mol. The number of para-hydroxylation sites is 1. The summed E-state index contributed by atoms with van der Waals surface area (Å²) in [6, 6.07) is 23.6. The lowest BCUT2D eigenvalue weighted by molar-refractivity contribution is -0.131. The number of rotatable bonds is 6. The summed E-state index contributed by atoms with van der Waals surface area (Å²) in [5, 5.41) is 11.2. The highest BCUT2D eigenvalue weighted by Crippen LogP contribution is 2.40. The van der Waals surface area contributed by atoms with E-state index < -0.39 is 5.97 Å². The number of aromatic amines is 1. The molecule has 0 bridgehead atoms. The number of benzene rings is 3. The Labute approximate surface area is 196 Å². The summed E-state index contributed by atoms with van der Waals surface area (Å²) in [5.41, 5.74) is 6.82. The lowest BCUT2D eigenvalue weighted by Gasteiger charge is -2.16. The Morgan fingerprint density at radius 2 is 1.59 bits per heavy atom. The molecule has 0 spiro atoms. The molecular formula is C27H21Cl2NO2. The van der Waals surface area contributed by atoms with Crippen molar-refractivity contribution in [3.05, 3.63) is 111 Å². The van der Waals surface area contributed by atoms with E-state index in [-0.39, 0.29) is 0 Å². The molecule has 0 unspecified atom stereocenters. The molecule has 0 atom stereocenters. The number of carboxylic acids is 1. The number of hydrogen-bond acceptors (Lipinski definition) is 1. The van der Waals surface area contributed by atoms with E-state index in [1.807, 2.05) is 72.8 Å². The number of carboxylic acid groups (broad SMARTS) is 1. The zero-order chi connectivity index (χ0) is 22.7. The summed E-state index contributed by atoms with van der Waals surface area (Å²) < 4.78 is 0. The zero-order valence-corrected chi connectivity index (χ0v) is 18.9. The van der Waals surface area contributed by atoms with Crippen molar-refractivity contribution < 1.29 is 9.90 Å². The third-order valence-electron chi connectivity index (χ3n) is 5.36. The number of carbonyl (C=O) groups is 1. The average molecular weight is 462 g/mol. The second kappa shape index (κ2) is 9.47. The number of fused-ring (bicyclic) bond motifs is 1. The first-order valence-electron chi connectivity index (χ1n) is 10.2. The van der Waals surface area contributed by atoms with Gasteiger partial charge < -0.3 is 10.1 Å². The van der Waals surface area contributed by atoms with Crippen LogP contribution in [0.1, 0.15) is 35.7 Å². The highest BCUT2D eigenvalue weighted by Gasteiger charge is 2.19. The second-order valence-electron chi connectivity index (χ2n) is 7.37. The minimum Gasteiger partial charge on any atom is -0.478 e. The summed E-state index contributed by atoms with van der Waals surface area (Å²) in [5.74, 6) is -0.976. The molecule has 3 aromatic carbocycles. The molecule has 0 aliphatic heterocycles. The molecule has 0 aliphatic rings. The van der Waals surface area contributed by atoms with Gasteiger partial charge in [-0.2, -0.15) is 0 Å². The van der Waals surface area contributed by atoms with E-state index in [0.29, 0.717) is 10.0 Å². The van der Waals surface area contributed by atoms with Crippen molar-refractivity contribution in [3.63, 3.8) is 0 Å². The van der Waals surface area contributed by atoms with Gasteiger partial charge in [0.25, 0.3) is 0 Å². The van der Waals surface area contributed by atoms with Crippen LogP contribution in [0, 0.1) is 0 Å². The predicted octanol–water partition coefficient (Wildman–Crippen LogP) is 7.94. The van der Waals surface area contributed by atoms with Crippen molar-refractivity contribution in [2.75, 3.05) is 0 Å². The van der Waals surface area contributed by atoms with E-state index in [1.54, 1.807) is 6.08 Å². The van der Waals surface area contributed by atoms with Crippen LogP contribution in [0.15, 0.2) is 78.9 Å². The van der Waals surface area contributed by atoms with Gasteiger partial charge in [-0.1, -0.05) is 84.7 Å². The van der Waals surface area contributed by atoms with Crippen LogP contribution in [0.3, 0.4) is 0 Å². The molecule has 0 radical (unpaired) electrons. The third kappa shape index (κ3) is 4.50. The van der Waals surface area contributed by atoms with Gasteiger partial charge in [0.05, 0.1) is 10.7 Å². The first kappa shape index (κ1) is 21.9. The fourth-order valence-corrected chi connectivity index (χ4v) is 4.29.